The number of benzene rings is 1. The molecule has 0 unspecified atom stereocenters. The van der Waals surface area contributed by atoms with Gasteiger partial charge in [0.25, 0.3) is 5.69 Å². The van der Waals surface area contributed by atoms with Crippen LogP contribution in [0, 0.1) is 15.9 Å². The van der Waals surface area contributed by atoms with Gasteiger partial charge in [-0.1, -0.05) is 13.3 Å². The Kier molecular flexibility index (Phi) is 4.81. The topological polar surface area (TPSA) is 65.3 Å². The van der Waals surface area contributed by atoms with Crippen molar-refractivity contribution in [2.24, 2.45) is 0 Å². The molecule has 1 aromatic carbocycles. The fourth-order valence-corrected chi connectivity index (χ4v) is 1.96. The summed E-state index contributed by atoms with van der Waals surface area (Å²) in [6, 6.07) is 7.47. The number of nitro groups is 1. The molecule has 0 saturated heterocycles. The van der Waals surface area contributed by atoms with Crippen LogP contribution in [0.1, 0.15) is 24.6 Å². The number of ether oxygens (including phenoxy) is 1. The Morgan fingerprint density at radius 1 is 1.38 bits per heavy atom. The van der Waals surface area contributed by atoms with Crippen LogP contribution in [0.25, 0.3) is 0 Å². The van der Waals surface area contributed by atoms with Crippen LogP contribution >= 0.6 is 0 Å². The molecule has 0 aliphatic heterocycles. The van der Waals surface area contributed by atoms with E-state index in [4.69, 9.17) is 4.74 Å². The molecule has 1 aromatic heterocycles. The number of pyridine rings is 1. The van der Waals surface area contributed by atoms with Crippen molar-refractivity contribution in [3.63, 3.8) is 0 Å². The Morgan fingerprint density at radius 3 is 2.86 bits per heavy atom. The highest BCUT2D eigenvalue weighted by Gasteiger charge is 2.14. The van der Waals surface area contributed by atoms with Crippen LogP contribution < -0.4 is 4.74 Å². The van der Waals surface area contributed by atoms with Crippen molar-refractivity contribution >= 4 is 5.69 Å². The second-order valence-corrected chi connectivity index (χ2v) is 4.52. The summed E-state index contributed by atoms with van der Waals surface area (Å²) < 4.78 is 18.8. The minimum atomic E-state index is -0.463. The smallest absolute Gasteiger partial charge is 0.276 e. The van der Waals surface area contributed by atoms with Crippen molar-refractivity contribution < 1.29 is 14.1 Å². The van der Waals surface area contributed by atoms with E-state index in [1.165, 1.54) is 24.4 Å². The molecule has 0 aliphatic rings. The molecule has 1 heterocycles. The van der Waals surface area contributed by atoms with Gasteiger partial charge in [0.15, 0.2) is 0 Å². The Morgan fingerprint density at radius 2 is 2.19 bits per heavy atom. The number of hydrogen-bond acceptors (Lipinski definition) is 4. The van der Waals surface area contributed by atoms with Crippen LogP contribution in [-0.4, -0.2) is 9.91 Å². The minimum Gasteiger partial charge on any atom is -0.487 e. The van der Waals surface area contributed by atoms with E-state index in [0.717, 1.165) is 6.42 Å². The highest BCUT2D eigenvalue weighted by atomic mass is 19.1. The van der Waals surface area contributed by atoms with Gasteiger partial charge < -0.3 is 4.74 Å². The van der Waals surface area contributed by atoms with E-state index in [-0.39, 0.29) is 18.0 Å². The summed E-state index contributed by atoms with van der Waals surface area (Å²) in [5.74, 6) is -0.138. The monoisotopic (exact) mass is 290 g/mol. The lowest BCUT2D eigenvalue weighted by Gasteiger charge is -2.08. The van der Waals surface area contributed by atoms with Gasteiger partial charge in [-0.05, 0) is 30.7 Å². The summed E-state index contributed by atoms with van der Waals surface area (Å²) in [5.41, 5.74) is 0.854. The zero-order chi connectivity index (χ0) is 15.2. The van der Waals surface area contributed by atoms with E-state index in [0.29, 0.717) is 17.7 Å². The van der Waals surface area contributed by atoms with Crippen molar-refractivity contribution in [3.8, 4) is 5.75 Å². The van der Waals surface area contributed by atoms with Crippen molar-refractivity contribution in [2.45, 2.75) is 26.4 Å². The first-order valence-electron chi connectivity index (χ1n) is 6.61. The Hall–Kier alpha value is -2.50. The van der Waals surface area contributed by atoms with Gasteiger partial charge in [-0.15, -0.1) is 0 Å². The number of nitrogens with zero attached hydrogens (tertiary/aromatic N) is 2. The largest absolute Gasteiger partial charge is 0.487 e. The summed E-state index contributed by atoms with van der Waals surface area (Å²) >= 11 is 0. The predicted molar refractivity (Wildman–Crippen MR) is 75.6 cm³/mol. The highest BCUT2D eigenvalue weighted by Crippen LogP contribution is 2.26. The van der Waals surface area contributed by atoms with Crippen LogP contribution in [0.5, 0.6) is 5.75 Å². The highest BCUT2D eigenvalue weighted by molar-refractivity contribution is 5.46. The molecule has 21 heavy (non-hydrogen) atoms. The molecule has 0 spiro atoms. The summed E-state index contributed by atoms with van der Waals surface area (Å²) in [4.78, 5) is 14.5. The summed E-state index contributed by atoms with van der Waals surface area (Å²) in [6.07, 6.45) is 2.92. The number of aromatic nitrogens is 1. The zero-order valence-corrected chi connectivity index (χ0v) is 11.6. The maximum atomic E-state index is 13.4. The SMILES string of the molecule is CCCc1ccc(OCc2ncccc2F)cc1[N+](=O)[O-]. The minimum absolute atomic E-state index is 0.0239. The average molecular weight is 290 g/mol. The molecular weight excluding hydrogens is 275 g/mol. The van der Waals surface area contributed by atoms with E-state index in [1.54, 1.807) is 12.1 Å². The second kappa shape index (κ2) is 6.78. The third kappa shape index (κ3) is 3.75. The van der Waals surface area contributed by atoms with E-state index < -0.39 is 10.7 Å². The van der Waals surface area contributed by atoms with Gasteiger partial charge >= 0.3 is 0 Å². The van der Waals surface area contributed by atoms with Gasteiger partial charge in [-0.2, -0.15) is 0 Å². The fourth-order valence-electron chi connectivity index (χ4n) is 1.96. The van der Waals surface area contributed by atoms with Crippen LogP contribution in [0.4, 0.5) is 10.1 Å². The Bertz CT molecular complexity index is 647. The first-order valence-corrected chi connectivity index (χ1v) is 6.61. The third-order valence-corrected chi connectivity index (χ3v) is 2.98. The summed E-state index contributed by atoms with van der Waals surface area (Å²) in [6.45, 7) is 1.88. The molecule has 2 rings (SSSR count). The van der Waals surface area contributed by atoms with Gasteiger partial charge in [0.05, 0.1) is 11.0 Å². The number of halogens is 1. The average Bonchev–Trinajstić information content (AvgIpc) is 2.47. The lowest BCUT2D eigenvalue weighted by molar-refractivity contribution is -0.385. The van der Waals surface area contributed by atoms with Gasteiger partial charge in [-0.25, -0.2) is 4.39 Å². The lowest BCUT2D eigenvalue weighted by Crippen LogP contribution is -2.02. The number of aryl methyl sites for hydroxylation is 1. The molecule has 0 bridgehead atoms. The molecule has 0 atom stereocenters. The number of rotatable bonds is 6. The maximum Gasteiger partial charge on any atom is 0.276 e. The Labute approximate surface area is 121 Å². The normalized spacial score (nSPS) is 10.4. The molecule has 0 saturated carbocycles. The van der Waals surface area contributed by atoms with Crippen LogP contribution in [0.2, 0.25) is 0 Å². The van der Waals surface area contributed by atoms with E-state index in [9.17, 15) is 14.5 Å². The maximum absolute atomic E-state index is 13.4. The van der Waals surface area contributed by atoms with Gasteiger partial charge in [0.2, 0.25) is 0 Å². The van der Waals surface area contributed by atoms with E-state index in [2.05, 4.69) is 4.98 Å². The molecule has 0 amide bonds. The van der Waals surface area contributed by atoms with Crippen molar-refractivity contribution in [1.29, 1.82) is 0 Å². The zero-order valence-electron chi connectivity index (χ0n) is 11.6. The molecule has 110 valence electrons. The second-order valence-electron chi connectivity index (χ2n) is 4.52. The molecular formula is C15H15FN2O3. The molecule has 2 aromatic rings. The van der Waals surface area contributed by atoms with Crippen LogP contribution in [-0.2, 0) is 13.0 Å². The molecule has 0 radical (unpaired) electrons. The number of hydrogen-bond donors (Lipinski definition) is 0. The van der Waals surface area contributed by atoms with E-state index >= 15 is 0 Å². The fraction of sp³-hybridized carbons (Fsp3) is 0.267. The predicted octanol–water partition coefficient (Wildman–Crippen LogP) is 3.66. The Balaban J connectivity index is 2.16. The van der Waals surface area contributed by atoms with Gasteiger partial charge in [0.1, 0.15) is 23.9 Å². The third-order valence-electron chi connectivity index (χ3n) is 2.98. The van der Waals surface area contributed by atoms with Crippen LogP contribution in [0.3, 0.4) is 0 Å². The van der Waals surface area contributed by atoms with Gasteiger partial charge in [-0.3, -0.25) is 15.1 Å². The lowest BCUT2D eigenvalue weighted by atomic mass is 10.1. The van der Waals surface area contributed by atoms with Crippen LogP contribution in [0.15, 0.2) is 36.5 Å². The molecule has 6 heteroatoms. The summed E-state index contributed by atoms with van der Waals surface area (Å²) in [5, 5.41) is 11.1. The van der Waals surface area contributed by atoms with Crippen molar-refractivity contribution in [3.05, 3.63) is 63.7 Å². The standard InChI is InChI=1S/C15H15FN2O3/c1-2-4-11-6-7-12(9-15(11)18(19)20)21-10-14-13(16)5-3-8-17-14/h3,5-9H,2,4,10H2,1H3. The van der Waals surface area contributed by atoms with E-state index in [1.807, 2.05) is 6.92 Å². The molecule has 0 aliphatic carbocycles. The van der Waals surface area contributed by atoms with Gasteiger partial charge in [0, 0.05) is 11.8 Å². The quantitative estimate of drug-likeness (QED) is 0.601. The first-order chi connectivity index (χ1) is 10.1. The molecule has 0 fully saturated rings. The number of nitro benzene ring substituents is 1. The van der Waals surface area contributed by atoms with Crippen molar-refractivity contribution in [1.82, 2.24) is 4.98 Å². The molecule has 0 N–H and O–H groups in total. The molecule has 5 nitrogen and oxygen atoms in total. The summed E-state index contributed by atoms with van der Waals surface area (Å²) in [7, 11) is 0. The first kappa shape index (κ1) is 14.9. The van der Waals surface area contributed by atoms with Crippen molar-refractivity contribution in [2.75, 3.05) is 0 Å².